The summed E-state index contributed by atoms with van der Waals surface area (Å²) in [6, 6.07) is 9.86. The van der Waals surface area contributed by atoms with Crippen molar-refractivity contribution in [3.8, 4) is 11.5 Å². The number of hydrogen-bond acceptors (Lipinski definition) is 7. The molecule has 1 fully saturated rings. The van der Waals surface area contributed by atoms with Crippen LogP contribution < -0.4 is 14.4 Å². The predicted molar refractivity (Wildman–Crippen MR) is 164 cm³/mol. The summed E-state index contributed by atoms with van der Waals surface area (Å²) in [5.41, 5.74) is 1.96. The summed E-state index contributed by atoms with van der Waals surface area (Å²) in [6.07, 6.45) is 5.94. The van der Waals surface area contributed by atoms with Crippen molar-refractivity contribution in [2.24, 2.45) is 5.92 Å². The topological polar surface area (TPSA) is 105 Å². The number of aryl methyl sites for hydroxylation is 3. The van der Waals surface area contributed by atoms with Crippen LogP contribution in [0.15, 0.2) is 47.0 Å². The Morgan fingerprint density at radius 1 is 1.09 bits per heavy atom. The number of aromatic nitrogens is 1. The van der Waals surface area contributed by atoms with Gasteiger partial charge in [-0.1, -0.05) is 32.8 Å². The second-order valence-electron chi connectivity index (χ2n) is 11.9. The number of benzene rings is 2. The molecule has 2 aliphatic rings. The first-order valence-corrected chi connectivity index (χ1v) is 15.6. The monoisotopic (exact) mass is 607 g/mol. The highest BCUT2D eigenvalue weighted by Crippen LogP contribution is 2.43. The normalized spacial score (nSPS) is 19.5. The molecule has 3 aromatic rings. The molecule has 0 saturated carbocycles. The van der Waals surface area contributed by atoms with Gasteiger partial charge >= 0.3 is 5.97 Å². The van der Waals surface area contributed by atoms with Gasteiger partial charge in [-0.05, 0) is 74.6 Å². The van der Waals surface area contributed by atoms with Gasteiger partial charge in [0.05, 0.1) is 18.7 Å². The van der Waals surface area contributed by atoms with E-state index in [9.17, 15) is 19.1 Å². The molecule has 0 radical (unpaired) electrons. The van der Waals surface area contributed by atoms with E-state index < -0.39 is 17.9 Å². The number of hydrogen-bond donors (Lipinski definition) is 1. The average molecular weight is 608 g/mol. The van der Waals surface area contributed by atoms with Crippen LogP contribution >= 0.6 is 0 Å². The molecule has 1 amide bonds. The molecule has 3 unspecified atom stereocenters. The van der Waals surface area contributed by atoms with Gasteiger partial charge < -0.3 is 23.9 Å². The van der Waals surface area contributed by atoms with E-state index in [1.807, 2.05) is 34.9 Å². The SMILES string of the molecule is CCCC(CCC)N(C(=O)CN1CC(c2ccc3c(c2)OCO3)C(C(=O)O)C1CCc1ncc(C)o1)c1ccc(F)c(C)c1. The number of carbonyl (C=O) groups is 2. The fourth-order valence-corrected chi connectivity index (χ4v) is 6.78. The zero-order valence-electron chi connectivity index (χ0n) is 25.9. The quantitative estimate of drug-likeness (QED) is 0.243. The van der Waals surface area contributed by atoms with Crippen LogP contribution in [0.3, 0.4) is 0 Å². The number of anilines is 1. The van der Waals surface area contributed by atoms with E-state index in [0.717, 1.165) is 31.2 Å². The number of amides is 1. The van der Waals surface area contributed by atoms with Crippen molar-refractivity contribution in [1.82, 2.24) is 9.88 Å². The molecule has 0 spiro atoms. The maximum atomic E-state index is 14.4. The minimum atomic E-state index is -0.919. The number of likely N-dealkylation sites (tertiary alicyclic amines) is 1. The largest absolute Gasteiger partial charge is 0.481 e. The third-order valence-corrected chi connectivity index (χ3v) is 8.82. The minimum absolute atomic E-state index is 0.0282. The Morgan fingerprint density at radius 2 is 1.84 bits per heavy atom. The van der Waals surface area contributed by atoms with Crippen LogP contribution in [0.2, 0.25) is 0 Å². The number of oxazole rings is 1. The third kappa shape index (κ3) is 6.75. The van der Waals surface area contributed by atoms with Crippen molar-refractivity contribution < 1.29 is 33.0 Å². The number of nitrogens with zero attached hydrogens (tertiary/aromatic N) is 3. The van der Waals surface area contributed by atoms with Gasteiger partial charge in [0.15, 0.2) is 17.4 Å². The summed E-state index contributed by atoms with van der Waals surface area (Å²) < 4.78 is 31.1. The number of ether oxygens (including phenoxy) is 2. The summed E-state index contributed by atoms with van der Waals surface area (Å²) in [4.78, 5) is 35.4. The van der Waals surface area contributed by atoms with Crippen LogP contribution in [0.25, 0.3) is 0 Å². The molecule has 9 nitrogen and oxygen atoms in total. The van der Waals surface area contributed by atoms with Crippen molar-refractivity contribution in [2.75, 3.05) is 24.8 Å². The Hall–Kier alpha value is -3.92. The summed E-state index contributed by atoms with van der Waals surface area (Å²) >= 11 is 0. The predicted octanol–water partition coefficient (Wildman–Crippen LogP) is 6.26. The molecule has 1 N–H and O–H groups in total. The molecule has 1 saturated heterocycles. The van der Waals surface area contributed by atoms with Crippen molar-refractivity contribution >= 4 is 17.6 Å². The molecule has 2 aromatic carbocycles. The maximum Gasteiger partial charge on any atom is 0.308 e. The van der Waals surface area contributed by atoms with Gasteiger partial charge in [0, 0.05) is 36.7 Å². The van der Waals surface area contributed by atoms with Gasteiger partial charge in [-0.2, -0.15) is 0 Å². The van der Waals surface area contributed by atoms with E-state index in [1.54, 1.807) is 25.3 Å². The first-order chi connectivity index (χ1) is 21.2. The third-order valence-electron chi connectivity index (χ3n) is 8.82. The van der Waals surface area contributed by atoms with Crippen LogP contribution in [0.5, 0.6) is 11.5 Å². The highest BCUT2D eigenvalue weighted by atomic mass is 19.1. The number of carbonyl (C=O) groups excluding carboxylic acids is 1. The molecular formula is C34H42FN3O6. The van der Waals surface area contributed by atoms with E-state index in [1.165, 1.54) is 6.07 Å². The maximum absolute atomic E-state index is 14.4. The Kier molecular flexibility index (Phi) is 9.88. The second kappa shape index (κ2) is 13.8. The molecule has 2 aliphatic heterocycles. The van der Waals surface area contributed by atoms with Gasteiger partial charge in [-0.3, -0.25) is 14.5 Å². The smallest absolute Gasteiger partial charge is 0.308 e. The van der Waals surface area contributed by atoms with Crippen LogP contribution in [0.4, 0.5) is 10.1 Å². The van der Waals surface area contributed by atoms with Crippen LogP contribution in [-0.2, 0) is 16.0 Å². The number of aliphatic carboxylic acids is 1. The fraction of sp³-hybridized carbons (Fsp3) is 0.500. The van der Waals surface area contributed by atoms with Gasteiger partial charge in [0.1, 0.15) is 11.6 Å². The Balaban J connectivity index is 1.48. The highest BCUT2D eigenvalue weighted by Gasteiger charge is 2.47. The second-order valence-corrected chi connectivity index (χ2v) is 11.9. The van der Waals surface area contributed by atoms with Crippen LogP contribution in [-0.4, -0.2) is 58.8 Å². The van der Waals surface area contributed by atoms with E-state index in [-0.39, 0.29) is 37.0 Å². The Bertz CT molecular complexity index is 1470. The average Bonchev–Trinajstić information content (AvgIpc) is 3.72. The zero-order valence-corrected chi connectivity index (χ0v) is 25.9. The molecule has 0 bridgehead atoms. The lowest BCUT2D eigenvalue weighted by atomic mass is 9.83. The molecule has 3 heterocycles. The van der Waals surface area contributed by atoms with Gasteiger partial charge in [0.2, 0.25) is 12.7 Å². The van der Waals surface area contributed by atoms with Crippen molar-refractivity contribution in [1.29, 1.82) is 0 Å². The summed E-state index contributed by atoms with van der Waals surface area (Å²) in [7, 11) is 0. The van der Waals surface area contributed by atoms with Crippen molar-refractivity contribution in [3.05, 3.63) is 71.2 Å². The standard InChI is InChI=1S/C34H42FN3O6/c1-5-7-24(8-6-2)38(25-10-11-27(35)21(3)15-25)32(39)19-37-18-26(23-9-13-29-30(16-23)43-20-42-29)33(34(40)41)28(37)12-14-31-36-17-22(4)44-31/h9-11,13,15-17,24,26,28,33H,5-8,12,14,18-20H2,1-4H3,(H,40,41). The summed E-state index contributed by atoms with van der Waals surface area (Å²) in [5, 5.41) is 10.6. The lowest BCUT2D eigenvalue weighted by Gasteiger charge is -2.35. The van der Waals surface area contributed by atoms with Crippen LogP contribution in [0, 0.1) is 25.6 Å². The Morgan fingerprint density at radius 3 is 2.50 bits per heavy atom. The number of carboxylic acid groups (broad SMARTS) is 1. The van der Waals surface area contributed by atoms with Gasteiger partial charge in [-0.25, -0.2) is 9.37 Å². The number of carboxylic acids is 1. The molecular weight excluding hydrogens is 565 g/mol. The first kappa shape index (κ1) is 31.5. The molecule has 1 aromatic heterocycles. The van der Waals surface area contributed by atoms with Gasteiger partial charge in [0.25, 0.3) is 0 Å². The molecule has 5 rings (SSSR count). The van der Waals surface area contributed by atoms with Crippen molar-refractivity contribution in [3.63, 3.8) is 0 Å². The minimum Gasteiger partial charge on any atom is -0.481 e. The van der Waals surface area contributed by atoms with E-state index >= 15 is 0 Å². The molecule has 236 valence electrons. The molecule has 3 atom stereocenters. The highest BCUT2D eigenvalue weighted by molar-refractivity contribution is 5.95. The molecule has 0 aliphatic carbocycles. The Labute approximate surface area is 258 Å². The van der Waals surface area contributed by atoms with E-state index in [0.29, 0.717) is 53.8 Å². The molecule has 10 heteroatoms. The zero-order chi connectivity index (χ0) is 31.4. The number of fused-ring (bicyclic) bond motifs is 1. The first-order valence-electron chi connectivity index (χ1n) is 15.6. The van der Waals surface area contributed by atoms with Crippen LogP contribution in [0.1, 0.15) is 74.6 Å². The van der Waals surface area contributed by atoms with Gasteiger partial charge in [-0.15, -0.1) is 0 Å². The summed E-state index contributed by atoms with van der Waals surface area (Å²) in [5.74, 6) is -0.0725. The lowest BCUT2D eigenvalue weighted by Crippen LogP contribution is -2.48. The van der Waals surface area contributed by atoms with Crippen molar-refractivity contribution in [2.45, 2.75) is 84.2 Å². The number of halogens is 1. The molecule has 44 heavy (non-hydrogen) atoms. The van der Waals surface area contributed by atoms with E-state index in [2.05, 4.69) is 18.8 Å². The fourth-order valence-electron chi connectivity index (χ4n) is 6.78. The van der Waals surface area contributed by atoms with E-state index in [4.69, 9.17) is 13.9 Å². The lowest BCUT2D eigenvalue weighted by molar-refractivity contribution is -0.143. The summed E-state index contributed by atoms with van der Waals surface area (Å²) in [6.45, 7) is 8.23. The number of rotatable bonds is 13.